The fourth-order valence-electron chi connectivity index (χ4n) is 4.56. The lowest BCUT2D eigenvalue weighted by molar-refractivity contribution is -0.604. The number of hydrogen-bond donors (Lipinski definition) is 2. The number of halogens is 2. The van der Waals surface area contributed by atoms with Crippen molar-refractivity contribution in [3.63, 3.8) is 0 Å². The largest absolute Gasteiger partial charge is 1.00 e. The third kappa shape index (κ3) is 8.43. The summed E-state index contributed by atoms with van der Waals surface area (Å²) in [4.78, 5) is 0. The number of aromatic hydroxyl groups is 2. The first-order valence-corrected chi connectivity index (χ1v) is 13.3. The molecule has 0 radical (unpaired) electrons. The molecule has 0 aliphatic heterocycles. The molecule has 0 aliphatic rings. The van der Waals surface area contributed by atoms with E-state index in [-0.39, 0.29) is 24.8 Å². The Labute approximate surface area is 259 Å². The van der Waals surface area contributed by atoms with Crippen molar-refractivity contribution in [2.45, 2.75) is 12.8 Å². The smallest absolute Gasteiger partial charge is 0.233 e. The molecule has 0 unspecified atom stereocenters. The van der Waals surface area contributed by atoms with Crippen molar-refractivity contribution in [3.05, 3.63) is 181 Å². The molecule has 2 heterocycles. The summed E-state index contributed by atoms with van der Waals surface area (Å²) in [7, 11) is 0. The van der Waals surface area contributed by atoms with Gasteiger partial charge in [-0.15, -0.1) is 0 Å². The van der Waals surface area contributed by atoms with Crippen molar-refractivity contribution in [1.82, 2.24) is 0 Å². The molecule has 4 nitrogen and oxygen atoms in total. The highest BCUT2D eigenvalue weighted by Gasteiger charge is 2.18. The first kappa shape index (κ1) is 31.9. The number of hydrogen-bond acceptors (Lipinski definition) is 2. The van der Waals surface area contributed by atoms with Crippen molar-refractivity contribution < 1.29 is 44.2 Å². The average Bonchev–Trinajstić information content (AvgIpc) is 3.01. The summed E-state index contributed by atoms with van der Waals surface area (Å²) in [6.07, 6.45) is 7.15. The van der Waals surface area contributed by atoms with Crippen LogP contribution in [0.3, 0.4) is 0 Å². The van der Waals surface area contributed by atoms with Gasteiger partial charge in [0.05, 0.1) is 6.42 Å². The zero-order valence-corrected chi connectivity index (χ0v) is 24.5. The molecule has 0 atom stereocenters. The van der Waals surface area contributed by atoms with Gasteiger partial charge in [-0.05, 0) is 17.2 Å². The van der Waals surface area contributed by atoms with E-state index in [0.29, 0.717) is 17.9 Å². The third-order valence-corrected chi connectivity index (χ3v) is 6.64. The molecule has 212 valence electrons. The molecular formula is C36H32Cl2N2O2. The van der Waals surface area contributed by atoms with Gasteiger partial charge >= 0.3 is 0 Å². The van der Waals surface area contributed by atoms with E-state index in [4.69, 9.17) is 0 Å². The van der Waals surface area contributed by atoms with E-state index in [0.717, 1.165) is 29.1 Å². The summed E-state index contributed by atoms with van der Waals surface area (Å²) in [5.74, 6) is 0.639. The molecule has 2 N–H and O–H groups in total. The second kappa shape index (κ2) is 16.0. The zero-order valence-electron chi connectivity index (χ0n) is 23.0. The van der Waals surface area contributed by atoms with Crippen molar-refractivity contribution in [2.75, 3.05) is 0 Å². The lowest BCUT2D eigenvalue weighted by Gasteiger charge is -2.05. The van der Waals surface area contributed by atoms with E-state index in [1.54, 1.807) is 12.3 Å². The molecule has 6 heteroatoms. The third-order valence-electron chi connectivity index (χ3n) is 6.64. The van der Waals surface area contributed by atoms with Gasteiger partial charge in [0.1, 0.15) is 0 Å². The minimum atomic E-state index is 0. The van der Waals surface area contributed by atoms with Gasteiger partial charge in [0.25, 0.3) is 0 Å². The fourth-order valence-corrected chi connectivity index (χ4v) is 4.56. The summed E-state index contributed by atoms with van der Waals surface area (Å²) in [5.41, 5.74) is 6.29. The minimum absolute atomic E-state index is 0. The minimum Gasteiger partial charge on any atom is -1.00 e. The summed E-state index contributed by atoms with van der Waals surface area (Å²) >= 11 is 0. The predicted octanol–water partition coefficient (Wildman–Crippen LogP) is 0.527. The number of pyridine rings is 2. The number of rotatable bonds is 6. The molecule has 0 amide bonds. The van der Waals surface area contributed by atoms with Crippen LogP contribution in [0, 0.1) is 0 Å². The SMILES string of the molecule is Oc1c[n+](-c2ccccc2)ccc1Cc1ccccc1.Oc1ccc[n+](-c2ccccc2)c1Cc1ccccc1.[Cl-].[Cl-]. The zero-order chi connectivity index (χ0) is 27.6. The number of para-hydroxylation sites is 2. The van der Waals surface area contributed by atoms with Crippen LogP contribution in [0.1, 0.15) is 22.4 Å². The van der Waals surface area contributed by atoms with Gasteiger partial charge in [0.2, 0.25) is 23.3 Å². The van der Waals surface area contributed by atoms with Crippen LogP contribution in [0.2, 0.25) is 0 Å². The molecule has 0 spiro atoms. The van der Waals surface area contributed by atoms with E-state index >= 15 is 0 Å². The Bertz CT molecular complexity index is 1650. The van der Waals surface area contributed by atoms with Crippen LogP contribution in [0.5, 0.6) is 11.5 Å². The Balaban J connectivity index is 0.000000220. The standard InChI is InChI=1S/2C18H15NO.2ClH/c20-18-12-7-13-19(16-10-5-2-6-11-16)17(18)14-15-8-3-1-4-9-15;20-18-14-19(17-9-5-2-6-10-17)12-11-16(18)13-15-7-3-1-4-8-15;;/h1-13H,14H2;1-12,14H,13H2;2*1H. The second-order valence-electron chi connectivity index (χ2n) is 9.47. The summed E-state index contributed by atoms with van der Waals surface area (Å²) in [6, 6.07) is 45.9. The van der Waals surface area contributed by atoms with Gasteiger partial charge in [0, 0.05) is 48.4 Å². The summed E-state index contributed by atoms with van der Waals surface area (Å²) < 4.78 is 3.95. The van der Waals surface area contributed by atoms with Crippen LogP contribution in [-0.2, 0) is 12.8 Å². The molecule has 2 aromatic heterocycles. The highest BCUT2D eigenvalue weighted by molar-refractivity contribution is 5.34. The summed E-state index contributed by atoms with van der Waals surface area (Å²) in [6.45, 7) is 0. The van der Waals surface area contributed by atoms with Gasteiger partial charge in [-0.1, -0.05) is 97.1 Å². The normalized spacial score (nSPS) is 9.90. The lowest BCUT2D eigenvalue weighted by Crippen LogP contribution is -3.00. The number of aromatic nitrogens is 2. The Morgan fingerprint density at radius 3 is 1.50 bits per heavy atom. The van der Waals surface area contributed by atoms with Crippen LogP contribution >= 0.6 is 0 Å². The molecule has 6 aromatic rings. The maximum absolute atomic E-state index is 10.2. The Hall–Kier alpha value is -4.64. The molecule has 0 fully saturated rings. The van der Waals surface area contributed by atoms with Gasteiger partial charge in [0.15, 0.2) is 23.9 Å². The van der Waals surface area contributed by atoms with Crippen molar-refractivity contribution in [1.29, 1.82) is 0 Å². The monoisotopic (exact) mass is 594 g/mol. The number of benzene rings is 4. The Morgan fingerprint density at radius 2 is 0.952 bits per heavy atom. The van der Waals surface area contributed by atoms with E-state index in [1.807, 2.05) is 131 Å². The first-order valence-electron chi connectivity index (χ1n) is 13.3. The van der Waals surface area contributed by atoms with Gasteiger partial charge in [-0.25, -0.2) is 0 Å². The second-order valence-corrected chi connectivity index (χ2v) is 9.47. The average molecular weight is 596 g/mol. The number of nitrogens with zero attached hydrogens (tertiary/aromatic N) is 2. The van der Waals surface area contributed by atoms with E-state index in [9.17, 15) is 10.2 Å². The fraction of sp³-hybridized carbons (Fsp3) is 0.0556. The molecule has 42 heavy (non-hydrogen) atoms. The molecule has 0 saturated heterocycles. The highest BCUT2D eigenvalue weighted by atomic mass is 35.5. The molecular weight excluding hydrogens is 563 g/mol. The van der Waals surface area contributed by atoms with E-state index < -0.39 is 0 Å². The van der Waals surface area contributed by atoms with Crippen LogP contribution in [0.4, 0.5) is 0 Å². The lowest BCUT2D eigenvalue weighted by atomic mass is 10.1. The Morgan fingerprint density at radius 1 is 0.452 bits per heavy atom. The van der Waals surface area contributed by atoms with Gasteiger partial charge in [-0.2, -0.15) is 9.13 Å². The van der Waals surface area contributed by atoms with Crippen molar-refractivity contribution in [3.8, 4) is 22.9 Å². The van der Waals surface area contributed by atoms with E-state index in [2.05, 4.69) is 24.3 Å². The van der Waals surface area contributed by atoms with Crippen molar-refractivity contribution >= 4 is 0 Å². The molecule has 0 aliphatic carbocycles. The van der Waals surface area contributed by atoms with Gasteiger partial charge < -0.3 is 35.0 Å². The molecule has 0 saturated carbocycles. The van der Waals surface area contributed by atoms with Gasteiger partial charge in [-0.3, -0.25) is 0 Å². The maximum atomic E-state index is 10.2. The van der Waals surface area contributed by atoms with Crippen LogP contribution < -0.4 is 33.9 Å². The quantitative estimate of drug-likeness (QED) is 0.276. The van der Waals surface area contributed by atoms with Crippen LogP contribution in [0.25, 0.3) is 11.4 Å². The first-order chi connectivity index (χ1) is 19.7. The predicted molar refractivity (Wildman–Crippen MR) is 158 cm³/mol. The Kier molecular flexibility index (Phi) is 12.1. The topological polar surface area (TPSA) is 48.2 Å². The van der Waals surface area contributed by atoms with Crippen LogP contribution in [0.15, 0.2) is 158 Å². The summed E-state index contributed by atoms with van der Waals surface area (Å²) in [5, 5.41) is 20.4. The van der Waals surface area contributed by atoms with Crippen molar-refractivity contribution in [2.24, 2.45) is 0 Å². The molecule has 6 rings (SSSR count). The molecule has 0 bridgehead atoms. The van der Waals surface area contributed by atoms with E-state index in [1.165, 1.54) is 11.1 Å². The maximum Gasteiger partial charge on any atom is 0.233 e. The highest BCUT2D eigenvalue weighted by Crippen LogP contribution is 2.19. The molecule has 4 aromatic carbocycles. The van der Waals surface area contributed by atoms with Crippen LogP contribution in [-0.4, -0.2) is 10.2 Å².